The maximum absolute atomic E-state index is 12.9. The molecule has 1 aliphatic heterocycles. The molecular formula is C17H18F3N3O2. The van der Waals surface area contributed by atoms with Crippen LogP contribution in [0.4, 0.5) is 18.9 Å². The molecule has 1 aromatic rings. The summed E-state index contributed by atoms with van der Waals surface area (Å²) >= 11 is 0. The van der Waals surface area contributed by atoms with Crippen LogP contribution in [0.2, 0.25) is 0 Å². The van der Waals surface area contributed by atoms with Crippen LogP contribution >= 0.6 is 0 Å². The normalized spacial score (nSPS) is 15.3. The van der Waals surface area contributed by atoms with Gasteiger partial charge in [0, 0.05) is 26.2 Å². The number of benzene rings is 1. The Bertz CT molecular complexity index is 699. The monoisotopic (exact) mass is 353 g/mol. The molecule has 0 aliphatic carbocycles. The molecule has 0 spiro atoms. The minimum atomic E-state index is -4.53. The number of hydrogen-bond donors (Lipinski definition) is 1. The van der Waals surface area contributed by atoms with Gasteiger partial charge in [-0.3, -0.25) is 14.5 Å². The van der Waals surface area contributed by atoms with Crippen LogP contribution in [0.3, 0.4) is 0 Å². The number of nitrogens with zero attached hydrogens (tertiary/aromatic N) is 2. The van der Waals surface area contributed by atoms with Crippen LogP contribution in [-0.2, 0) is 15.8 Å². The summed E-state index contributed by atoms with van der Waals surface area (Å²) in [4.78, 5) is 27.1. The van der Waals surface area contributed by atoms with Gasteiger partial charge in [-0.15, -0.1) is 0 Å². The molecular weight excluding hydrogens is 335 g/mol. The van der Waals surface area contributed by atoms with Crippen molar-refractivity contribution in [3.63, 3.8) is 0 Å². The number of carbonyl (C=O) groups excluding carboxylic acids is 2. The summed E-state index contributed by atoms with van der Waals surface area (Å²) < 4.78 is 38.8. The maximum atomic E-state index is 12.9. The standard InChI is InChI=1S/C17H18F3N3O2/c1-2-5-16(25)23-10-8-22(9-11-23)12-15(24)21-14-7-4-3-6-13(14)17(18,19)20/h3-4,6-7H,8-12H2,1H3,(H,21,24). The van der Waals surface area contributed by atoms with E-state index in [2.05, 4.69) is 17.2 Å². The first-order valence-electron chi connectivity index (χ1n) is 7.71. The summed E-state index contributed by atoms with van der Waals surface area (Å²) in [6.07, 6.45) is -4.53. The van der Waals surface area contributed by atoms with Crippen molar-refractivity contribution >= 4 is 17.5 Å². The Morgan fingerprint density at radius 2 is 1.80 bits per heavy atom. The predicted octanol–water partition coefficient (Wildman–Crippen LogP) is 1.81. The molecule has 8 heteroatoms. The number of carbonyl (C=O) groups is 2. The van der Waals surface area contributed by atoms with Crippen LogP contribution in [0.1, 0.15) is 12.5 Å². The molecule has 1 heterocycles. The Hall–Kier alpha value is -2.53. The Kier molecular flexibility index (Phi) is 6.04. The number of halogens is 3. The molecule has 1 aliphatic rings. The largest absolute Gasteiger partial charge is 0.418 e. The molecule has 25 heavy (non-hydrogen) atoms. The molecule has 1 N–H and O–H groups in total. The van der Waals surface area contributed by atoms with Gasteiger partial charge in [0.25, 0.3) is 5.91 Å². The highest BCUT2D eigenvalue weighted by Crippen LogP contribution is 2.34. The molecule has 1 fully saturated rings. The maximum Gasteiger partial charge on any atom is 0.418 e. The summed E-state index contributed by atoms with van der Waals surface area (Å²) in [5.41, 5.74) is -1.14. The molecule has 0 saturated carbocycles. The minimum absolute atomic E-state index is 0.0340. The number of hydrogen-bond acceptors (Lipinski definition) is 3. The Balaban J connectivity index is 1.90. The van der Waals surface area contributed by atoms with E-state index >= 15 is 0 Å². The fourth-order valence-corrected chi connectivity index (χ4v) is 2.53. The summed E-state index contributed by atoms with van der Waals surface area (Å²) in [7, 11) is 0. The third-order valence-electron chi connectivity index (χ3n) is 3.77. The highest BCUT2D eigenvalue weighted by atomic mass is 19.4. The first-order valence-corrected chi connectivity index (χ1v) is 7.71. The second-order valence-corrected chi connectivity index (χ2v) is 5.53. The number of piperazine rings is 1. The second kappa shape index (κ2) is 8.03. The lowest BCUT2D eigenvalue weighted by atomic mass is 10.1. The highest BCUT2D eigenvalue weighted by Gasteiger charge is 2.33. The first-order chi connectivity index (χ1) is 11.8. The molecule has 0 atom stereocenters. The van der Waals surface area contributed by atoms with Crippen molar-refractivity contribution in [2.45, 2.75) is 13.1 Å². The van der Waals surface area contributed by atoms with Gasteiger partial charge >= 0.3 is 6.18 Å². The molecule has 2 rings (SSSR count). The Morgan fingerprint density at radius 3 is 2.40 bits per heavy atom. The van der Waals surface area contributed by atoms with Crippen LogP contribution < -0.4 is 5.32 Å². The van der Waals surface area contributed by atoms with Crippen LogP contribution in [0.15, 0.2) is 24.3 Å². The quantitative estimate of drug-likeness (QED) is 0.844. The summed E-state index contributed by atoms with van der Waals surface area (Å²) in [6, 6.07) is 4.85. The van der Waals surface area contributed by atoms with E-state index in [1.54, 1.807) is 16.7 Å². The third kappa shape index (κ3) is 5.22. The predicted molar refractivity (Wildman–Crippen MR) is 86.5 cm³/mol. The van der Waals surface area contributed by atoms with Crippen LogP contribution in [0.25, 0.3) is 0 Å². The smallest absolute Gasteiger partial charge is 0.329 e. The zero-order valence-electron chi connectivity index (χ0n) is 13.7. The number of para-hydroxylation sites is 1. The average molecular weight is 353 g/mol. The first kappa shape index (κ1) is 18.8. The topological polar surface area (TPSA) is 52.7 Å². The third-order valence-corrected chi connectivity index (χ3v) is 3.77. The van der Waals surface area contributed by atoms with E-state index in [0.29, 0.717) is 26.2 Å². The SMILES string of the molecule is CC#CC(=O)N1CCN(CC(=O)Nc2ccccc2C(F)(F)F)CC1. The van der Waals surface area contributed by atoms with Gasteiger partial charge < -0.3 is 10.2 Å². The second-order valence-electron chi connectivity index (χ2n) is 5.53. The van der Waals surface area contributed by atoms with Crippen LogP contribution in [-0.4, -0.2) is 54.3 Å². The van der Waals surface area contributed by atoms with E-state index < -0.39 is 17.6 Å². The molecule has 1 aromatic carbocycles. The van der Waals surface area contributed by atoms with Gasteiger partial charge in [-0.05, 0) is 25.0 Å². The lowest BCUT2D eigenvalue weighted by molar-refractivity contribution is -0.137. The van der Waals surface area contributed by atoms with Crippen molar-refractivity contribution in [1.82, 2.24) is 9.80 Å². The molecule has 0 bridgehead atoms. The van der Waals surface area contributed by atoms with Crippen molar-refractivity contribution in [1.29, 1.82) is 0 Å². The highest BCUT2D eigenvalue weighted by molar-refractivity contribution is 5.94. The van der Waals surface area contributed by atoms with E-state index in [4.69, 9.17) is 0 Å². The number of amides is 2. The fraction of sp³-hybridized carbons (Fsp3) is 0.412. The summed E-state index contributed by atoms with van der Waals surface area (Å²) in [5.74, 6) is 4.22. The van der Waals surface area contributed by atoms with Crippen LogP contribution in [0, 0.1) is 11.8 Å². The fourth-order valence-electron chi connectivity index (χ4n) is 2.53. The molecule has 134 valence electrons. The summed E-state index contributed by atoms with van der Waals surface area (Å²) in [6.45, 7) is 3.34. The zero-order valence-corrected chi connectivity index (χ0v) is 13.7. The van der Waals surface area contributed by atoms with Crippen molar-refractivity contribution in [3.05, 3.63) is 29.8 Å². The number of alkyl halides is 3. The number of rotatable bonds is 3. The van der Waals surface area contributed by atoms with E-state index in [-0.39, 0.29) is 18.1 Å². The Labute approximate surface area is 143 Å². The van der Waals surface area contributed by atoms with Crippen molar-refractivity contribution in [2.24, 2.45) is 0 Å². The molecule has 0 aromatic heterocycles. The van der Waals surface area contributed by atoms with E-state index in [9.17, 15) is 22.8 Å². The van der Waals surface area contributed by atoms with Crippen molar-refractivity contribution in [3.8, 4) is 11.8 Å². The van der Waals surface area contributed by atoms with E-state index in [0.717, 1.165) is 6.07 Å². The Morgan fingerprint density at radius 1 is 1.16 bits per heavy atom. The lowest BCUT2D eigenvalue weighted by Gasteiger charge is -2.33. The van der Waals surface area contributed by atoms with Crippen molar-refractivity contribution in [2.75, 3.05) is 38.0 Å². The van der Waals surface area contributed by atoms with Gasteiger partial charge in [-0.25, -0.2) is 0 Å². The molecule has 0 radical (unpaired) electrons. The minimum Gasteiger partial charge on any atom is -0.329 e. The van der Waals surface area contributed by atoms with Gasteiger partial charge in [-0.1, -0.05) is 18.1 Å². The van der Waals surface area contributed by atoms with E-state index in [1.165, 1.54) is 18.2 Å². The van der Waals surface area contributed by atoms with Crippen molar-refractivity contribution < 1.29 is 22.8 Å². The number of nitrogens with one attached hydrogen (secondary N) is 1. The van der Waals surface area contributed by atoms with E-state index in [1.807, 2.05) is 0 Å². The van der Waals surface area contributed by atoms with Gasteiger partial charge in [0.2, 0.25) is 5.91 Å². The van der Waals surface area contributed by atoms with Gasteiger partial charge in [0.1, 0.15) is 0 Å². The average Bonchev–Trinajstić information content (AvgIpc) is 2.55. The molecule has 0 unspecified atom stereocenters. The number of anilines is 1. The lowest BCUT2D eigenvalue weighted by Crippen LogP contribution is -2.50. The van der Waals surface area contributed by atoms with Gasteiger partial charge in [-0.2, -0.15) is 13.2 Å². The van der Waals surface area contributed by atoms with Gasteiger partial charge in [0.05, 0.1) is 17.8 Å². The molecule has 5 nitrogen and oxygen atoms in total. The summed E-state index contributed by atoms with van der Waals surface area (Å²) in [5, 5.41) is 2.32. The van der Waals surface area contributed by atoms with Crippen LogP contribution in [0.5, 0.6) is 0 Å². The van der Waals surface area contributed by atoms with Gasteiger partial charge in [0.15, 0.2) is 0 Å². The zero-order chi connectivity index (χ0) is 18.4. The molecule has 2 amide bonds. The molecule has 1 saturated heterocycles.